The first-order chi connectivity index (χ1) is 14.5. The number of nitrogens with zero attached hydrogens (tertiary/aromatic N) is 2. The number of benzene rings is 2. The van der Waals surface area contributed by atoms with Crippen molar-refractivity contribution in [2.24, 2.45) is 0 Å². The van der Waals surface area contributed by atoms with Crippen LogP contribution in [0.25, 0.3) is 6.08 Å². The van der Waals surface area contributed by atoms with Gasteiger partial charge in [0.2, 0.25) is 15.9 Å². The van der Waals surface area contributed by atoms with Crippen molar-refractivity contribution < 1.29 is 30.8 Å². The van der Waals surface area contributed by atoms with Crippen LogP contribution in [0.5, 0.6) is 0 Å². The Balaban J connectivity index is 1.68. The van der Waals surface area contributed by atoms with Crippen molar-refractivity contribution in [3.63, 3.8) is 0 Å². The van der Waals surface area contributed by atoms with E-state index in [-0.39, 0.29) is 32.1 Å². The molecule has 1 heterocycles. The number of halogens is 5. The number of piperazine rings is 1. The fourth-order valence-corrected chi connectivity index (χ4v) is 4.74. The molecular formula is C20H17ClF4N2O3S. The smallest absolute Gasteiger partial charge is 0.337 e. The number of hydrogen-bond acceptors (Lipinski definition) is 3. The van der Waals surface area contributed by atoms with Gasteiger partial charge in [-0.25, -0.2) is 12.8 Å². The van der Waals surface area contributed by atoms with Gasteiger partial charge in [-0.2, -0.15) is 17.5 Å². The third-order valence-electron chi connectivity index (χ3n) is 4.70. The minimum absolute atomic E-state index is 0.0608. The molecule has 3 rings (SSSR count). The molecule has 0 atom stereocenters. The molecule has 1 amide bonds. The highest BCUT2D eigenvalue weighted by Gasteiger charge is 2.36. The summed E-state index contributed by atoms with van der Waals surface area (Å²) in [6.07, 6.45) is -2.09. The molecule has 31 heavy (non-hydrogen) atoms. The van der Waals surface area contributed by atoms with Crippen LogP contribution in [0.3, 0.4) is 0 Å². The molecule has 2 aromatic rings. The molecule has 1 aliphatic rings. The molecule has 0 unspecified atom stereocenters. The van der Waals surface area contributed by atoms with Crippen LogP contribution in [0.15, 0.2) is 53.4 Å². The Hall–Kier alpha value is -2.43. The minimum atomic E-state index is -4.79. The van der Waals surface area contributed by atoms with Crippen molar-refractivity contribution in [3.8, 4) is 0 Å². The average molecular weight is 477 g/mol. The summed E-state index contributed by atoms with van der Waals surface area (Å²) in [6, 6.07) is 8.09. The Labute approximate surface area is 181 Å². The van der Waals surface area contributed by atoms with E-state index in [4.69, 9.17) is 11.6 Å². The molecule has 0 aliphatic carbocycles. The zero-order valence-electron chi connectivity index (χ0n) is 15.9. The molecule has 0 spiro atoms. The van der Waals surface area contributed by atoms with Crippen LogP contribution in [0.4, 0.5) is 17.6 Å². The number of sulfonamides is 1. The summed E-state index contributed by atoms with van der Waals surface area (Å²) in [7, 11) is -4.19. The summed E-state index contributed by atoms with van der Waals surface area (Å²) in [5.74, 6) is -0.823. The van der Waals surface area contributed by atoms with Crippen LogP contribution in [0, 0.1) is 5.82 Å². The standard InChI is InChI=1S/C20H17ClF4N2O3S/c21-18-6-5-16(13-17(18)20(23,24)25)31(29,30)27-10-8-26(9-11-27)19(28)7-4-14-2-1-3-15(22)12-14/h1-7,12-13H,8-11H2/b7-4+. The first-order valence-electron chi connectivity index (χ1n) is 9.08. The summed E-state index contributed by atoms with van der Waals surface area (Å²) < 4.78 is 78.9. The lowest BCUT2D eigenvalue weighted by atomic mass is 10.2. The van der Waals surface area contributed by atoms with E-state index in [0.717, 1.165) is 16.4 Å². The molecule has 2 aromatic carbocycles. The molecule has 0 aromatic heterocycles. The lowest BCUT2D eigenvalue weighted by Crippen LogP contribution is -2.50. The topological polar surface area (TPSA) is 57.7 Å². The molecule has 0 saturated carbocycles. The maximum atomic E-state index is 13.2. The summed E-state index contributed by atoms with van der Waals surface area (Å²) in [4.78, 5) is 13.2. The predicted octanol–water partition coefficient (Wildman–Crippen LogP) is 4.04. The Morgan fingerprint density at radius 2 is 1.71 bits per heavy atom. The number of rotatable bonds is 4. The van der Waals surface area contributed by atoms with E-state index in [9.17, 15) is 30.8 Å². The van der Waals surface area contributed by atoms with Crippen molar-refractivity contribution >= 4 is 33.6 Å². The van der Waals surface area contributed by atoms with Gasteiger partial charge in [0.1, 0.15) is 5.82 Å². The van der Waals surface area contributed by atoms with E-state index in [1.54, 1.807) is 6.07 Å². The zero-order chi connectivity index (χ0) is 22.8. The van der Waals surface area contributed by atoms with Crippen LogP contribution >= 0.6 is 11.6 Å². The van der Waals surface area contributed by atoms with Gasteiger partial charge in [-0.3, -0.25) is 4.79 Å². The maximum absolute atomic E-state index is 13.2. The van der Waals surface area contributed by atoms with E-state index in [0.29, 0.717) is 11.6 Å². The Kier molecular flexibility index (Phi) is 6.73. The number of alkyl halides is 3. The quantitative estimate of drug-likeness (QED) is 0.494. The molecule has 5 nitrogen and oxygen atoms in total. The van der Waals surface area contributed by atoms with Crippen LogP contribution in [0.2, 0.25) is 5.02 Å². The third-order valence-corrected chi connectivity index (χ3v) is 6.92. The lowest BCUT2D eigenvalue weighted by molar-refractivity contribution is -0.137. The van der Waals surface area contributed by atoms with Crippen molar-refractivity contribution in [1.29, 1.82) is 0 Å². The zero-order valence-corrected chi connectivity index (χ0v) is 17.5. The van der Waals surface area contributed by atoms with E-state index >= 15 is 0 Å². The van der Waals surface area contributed by atoms with Crippen LogP contribution < -0.4 is 0 Å². The third kappa shape index (κ3) is 5.44. The van der Waals surface area contributed by atoms with Crippen molar-refractivity contribution in [2.45, 2.75) is 11.1 Å². The van der Waals surface area contributed by atoms with Crippen molar-refractivity contribution in [1.82, 2.24) is 9.21 Å². The Morgan fingerprint density at radius 1 is 1.03 bits per heavy atom. The van der Waals surface area contributed by atoms with Gasteiger partial charge in [-0.05, 0) is 42.0 Å². The largest absolute Gasteiger partial charge is 0.417 e. The molecule has 11 heteroatoms. The van der Waals surface area contributed by atoms with Gasteiger partial charge in [0.25, 0.3) is 0 Å². The van der Waals surface area contributed by atoms with Gasteiger partial charge < -0.3 is 4.90 Å². The first kappa shape index (κ1) is 23.2. The second-order valence-electron chi connectivity index (χ2n) is 6.76. The van der Waals surface area contributed by atoms with Gasteiger partial charge in [0, 0.05) is 32.3 Å². The summed E-state index contributed by atoms with van der Waals surface area (Å²) >= 11 is 5.55. The first-order valence-corrected chi connectivity index (χ1v) is 10.9. The van der Waals surface area contributed by atoms with Crippen LogP contribution in [-0.4, -0.2) is 49.7 Å². The van der Waals surface area contributed by atoms with Crippen molar-refractivity contribution in [2.75, 3.05) is 26.2 Å². The highest BCUT2D eigenvalue weighted by atomic mass is 35.5. The molecule has 1 fully saturated rings. The lowest BCUT2D eigenvalue weighted by Gasteiger charge is -2.33. The number of carbonyl (C=O) groups excluding carboxylic acids is 1. The summed E-state index contributed by atoms with van der Waals surface area (Å²) in [5.41, 5.74) is -0.732. The highest BCUT2D eigenvalue weighted by Crippen LogP contribution is 2.36. The van der Waals surface area contributed by atoms with E-state index in [1.807, 2.05) is 0 Å². The van der Waals surface area contributed by atoms with Crippen LogP contribution in [0.1, 0.15) is 11.1 Å². The molecule has 166 valence electrons. The average Bonchev–Trinajstić information content (AvgIpc) is 2.71. The molecule has 0 radical (unpaired) electrons. The van der Waals surface area contributed by atoms with E-state index in [2.05, 4.69) is 0 Å². The summed E-state index contributed by atoms with van der Waals surface area (Å²) in [6.45, 7) is -0.0335. The van der Waals surface area contributed by atoms with Crippen molar-refractivity contribution in [3.05, 3.63) is 70.5 Å². The van der Waals surface area contributed by atoms with Gasteiger partial charge in [-0.15, -0.1) is 0 Å². The molecule has 0 N–H and O–H groups in total. The molecule has 1 saturated heterocycles. The second kappa shape index (κ2) is 8.97. The SMILES string of the molecule is O=C(/C=C/c1cccc(F)c1)N1CCN(S(=O)(=O)c2ccc(Cl)c(C(F)(F)F)c2)CC1. The minimum Gasteiger partial charge on any atom is -0.337 e. The normalized spacial score (nSPS) is 16.1. The van der Waals surface area contributed by atoms with Crippen LogP contribution in [-0.2, 0) is 21.0 Å². The fraction of sp³-hybridized carbons (Fsp3) is 0.250. The predicted molar refractivity (Wildman–Crippen MR) is 107 cm³/mol. The molecule has 1 aliphatic heterocycles. The number of amides is 1. The monoisotopic (exact) mass is 476 g/mol. The molecule has 0 bridgehead atoms. The number of carbonyl (C=O) groups is 1. The Bertz CT molecular complexity index is 1110. The molecular weight excluding hydrogens is 460 g/mol. The van der Waals surface area contributed by atoms with Gasteiger partial charge >= 0.3 is 6.18 Å². The maximum Gasteiger partial charge on any atom is 0.417 e. The highest BCUT2D eigenvalue weighted by molar-refractivity contribution is 7.89. The fourth-order valence-electron chi connectivity index (χ4n) is 3.06. The van der Waals surface area contributed by atoms with E-state index in [1.165, 1.54) is 35.3 Å². The second-order valence-corrected chi connectivity index (χ2v) is 9.10. The Morgan fingerprint density at radius 3 is 2.32 bits per heavy atom. The summed E-state index contributed by atoms with van der Waals surface area (Å²) in [5, 5.41) is -0.591. The van der Waals surface area contributed by atoms with Gasteiger partial charge in [0.15, 0.2) is 0 Å². The van der Waals surface area contributed by atoms with Gasteiger partial charge in [-0.1, -0.05) is 23.7 Å². The van der Waals surface area contributed by atoms with Gasteiger partial charge in [0.05, 0.1) is 15.5 Å². The van der Waals surface area contributed by atoms with E-state index < -0.39 is 37.5 Å². The number of hydrogen-bond donors (Lipinski definition) is 0.